The van der Waals surface area contributed by atoms with Crippen LogP contribution in [0, 0.1) is 0 Å². The Kier molecular flexibility index (Phi) is 4.21. The smallest absolute Gasteiger partial charge is 0.399 e. The van der Waals surface area contributed by atoms with E-state index in [0.29, 0.717) is 5.56 Å². The van der Waals surface area contributed by atoms with Crippen LogP contribution < -0.4 is 5.73 Å². The topological polar surface area (TPSA) is 46.3 Å². The Balaban J connectivity index is 2.84. The Labute approximate surface area is 103 Å². The highest BCUT2D eigenvalue weighted by Crippen LogP contribution is 2.31. The third-order valence-electron chi connectivity index (χ3n) is 2.47. The molecule has 18 heavy (non-hydrogen) atoms. The molecule has 0 heterocycles. The summed E-state index contributed by atoms with van der Waals surface area (Å²) in [7, 11) is 3.20. The van der Waals surface area contributed by atoms with Crippen molar-refractivity contribution in [1.82, 2.24) is 4.90 Å². The Morgan fingerprint density at radius 1 is 1.28 bits per heavy atom. The van der Waals surface area contributed by atoms with Gasteiger partial charge in [0.2, 0.25) is 5.91 Å². The van der Waals surface area contributed by atoms with Gasteiger partial charge in [0.25, 0.3) is 0 Å². The number of alkyl halides is 3. The van der Waals surface area contributed by atoms with E-state index in [0.717, 1.165) is 12.1 Å². The SMILES string of the molecule is CN(C)C(=O)CCc1cc(N)cc(C(F)(F)F)c1. The van der Waals surface area contributed by atoms with Gasteiger partial charge in [-0.15, -0.1) is 0 Å². The van der Waals surface area contributed by atoms with Crippen LogP contribution in [0.5, 0.6) is 0 Å². The van der Waals surface area contributed by atoms with Gasteiger partial charge in [0, 0.05) is 26.2 Å². The van der Waals surface area contributed by atoms with E-state index in [-0.39, 0.29) is 24.4 Å². The number of nitrogens with two attached hydrogens (primary N) is 1. The van der Waals surface area contributed by atoms with Crippen molar-refractivity contribution >= 4 is 11.6 Å². The van der Waals surface area contributed by atoms with Crippen molar-refractivity contribution in [3.8, 4) is 0 Å². The first-order chi connectivity index (χ1) is 8.20. The van der Waals surface area contributed by atoms with Gasteiger partial charge in [-0.1, -0.05) is 0 Å². The van der Waals surface area contributed by atoms with Crippen LogP contribution in [0.15, 0.2) is 18.2 Å². The second kappa shape index (κ2) is 5.29. The summed E-state index contributed by atoms with van der Waals surface area (Å²) in [6.07, 6.45) is -4.02. The number of rotatable bonds is 3. The molecule has 0 saturated carbocycles. The van der Waals surface area contributed by atoms with Crippen molar-refractivity contribution in [1.29, 1.82) is 0 Å². The minimum Gasteiger partial charge on any atom is -0.399 e. The Morgan fingerprint density at radius 3 is 2.39 bits per heavy atom. The maximum Gasteiger partial charge on any atom is 0.416 e. The van der Waals surface area contributed by atoms with Crippen LogP contribution in [0.2, 0.25) is 0 Å². The number of nitrogens with zero attached hydrogens (tertiary/aromatic N) is 1. The molecule has 1 amide bonds. The fourth-order valence-corrected chi connectivity index (χ4v) is 1.50. The van der Waals surface area contributed by atoms with Crippen molar-refractivity contribution < 1.29 is 18.0 Å². The predicted molar refractivity (Wildman–Crippen MR) is 62.9 cm³/mol. The third-order valence-corrected chi connectivity index (χ3v) is 2.47. The molecular weight excluding hydrogens is 245 g/mol. The van der Waals surface area contributed by atoms with Crippen molar-refractivity contribution in [3.63, 3.8) is 0 Å². The molecule has 0 radical (unpaired) electrons. The highest BCUT2D eigenvalue weighted by molar-refractivity contribution is 5.75. The van der Waals surface area contributed by atoms with Gasteiger partial charge in [-0.3, -0.25) is 4.79 Å². The fourth-order valence-electron chi connectivity index (χ4n) is 1.50. The molecule has 0 aliphatic rings. The number of benzene rings is 1. The monoisotopic (exact) mass is 260 g/mol. The van der Waals surface area contributed by atoms with Gasteiger partial charge < -0.3 is 10.6 Å². The lowest BCUT2D eigenvalue weighted by Crippen LogP contribution is -2.21. The molecule has 100 valence electrons. The summed E-state index contributed by atoms with van der Waals surface area (Å²) in [6, 6.07) is 3.37. The number of hydrogen-bond donors (Lipinski definition) is 1. The first kappa shape index (κ1) is 14.3. The molecule has 1 aromatic rings. The third kappa shape index (κ3) is 3.94. The van der Waals surface area contributed by atoms with Crippen LogP contribution in [0.4, 0.5) is 18.9 Å². The molecule has 1 aromatic carbocycles. The van der Waals surface area contributed by atoms with E-state index in [9.17, 15) is 18.0 Å². The molecule has 0 spiro atoms. The van der Waals surface area contributed by atoms with E-state index >= 15 is 0 Å². The summed E-state index contributed by atoms with van der Waals surface area (Å²) in [4.78, 5) is 12.8. The quantitative estimate of drug-likeness (QED) is 0.848. The molecule has 0 aliphatic carbocycles. The second-order valence-electron chi connectivity index (χ2n) is 4.25. The van der Waals surface area contributed by atoms with Gasteiger partial charge in [-0.05, 0) is 30.2 Å². The van der Waals surface area contributed by atoms with Gasteiger partial charge in [-0.25, -0.2) is 0 Å². The zero-order valence-corrected chi connectivity index (χ0v) is 10.2. The van der Waals surface area contributed by atoms with Crippen LogP contribution in [-0.2, 0) is 17.4 Å². The number of amides is 1. The van der Waals surface area contributed by atoms with E-state index in [1.54, 1.807) is 14.1 Å². The van der Waals surface area contributed by atoms with Gasteiger partial charge in [0.05, 0.1) is 5.56 Å². The van der Waals surface area contributed by atoms with Crippen LogP contribution in [-0.4, -0.2) is 24.9 Å². The fraction of sp³-hybridized carbons (Fsp3) is 0.417. The molecule has 2 N–H and O–H groups in total. The summed E-state index contributed by atoms with van der Waals surface area (Å²) >= 11 is 0. The van der Waals surface area contributed by atoms with E-state index in [1.807, 2.05) is 0 Å². The summed E-state index contributed by atoms with van der Waals surface area (Å²) in [5, 5.41) is 0. The van der Waals surface area contributed by atoms with Crippen LogP contribution in [0.25, 0.3) is 0 Å². The maximum atomic E-state index is 12.5. The number of anilines is 1. The first-order valence-electron chi connectivity index (χ1n) is 5.37. The van der Waals surface area contributed by atoms with E-state index in [2.05, 4.69) is 0 Å². The van der Waals surface area contributed by atoms with Crippen molar-refractivity contribution in [2.75, 3.05) is 19.8 Å². The summed E-state index contributed by atoms with van der Waals surface area (Å²) in [5.41, 5.74) is 5.11. The van der Waals surface area contributed by atoms with Gasteiger partial charge in [-0.2, -0.15) is 13.2 Å². The Hall–Kier alpha value is -1.72. The van der Waals surface area contributed by atoms with Crippen molar-refractivity contribution in [3.05, 3.63) is 29.3 Å². The van der Waals surface area contributed by atoms with Gasteiger partial charge in [0.1, 0.15) is 0 Å². The molecule has 0 aliphatic heterocycles. The molecule has 3 nitrogen and oxygen atoms in total. The van der Waals surface area contributed by atoms with Gasteiger partial charge in [0.15, 0.2) is 0 Å². The predicted octanol–water partition coefficient (Wildman–Crippen LogP) is 2.31. The number of aryl methyl sites for hydroxylation is 1. The summed E-state index contributed by atoms with van der Waals surface area (Å²) < 4.78 is 37.6. The number of hydrogen-bond acceptors (Lipinski definition) is 2. The highest BCUT2D eigenvalue weighted by Gasteiger charge is 2.30. The summed E-state index contributed by atoms with van der Waals surface area (Å²) in [6.45, 7) is 0. The molecule has 0 aromatic heterocycles. The lowest BCUT2D eigenvalue weighted by atomic mass is 10.0. The molecule has 0 fully saturated rings. The molecule has 0 atom stereocenters. The molecule has 1 rings (SSSR count). The number of nitrogen functional groups attached to an aromatic ring is 1. The van der Waals surface area contributed by atoms with Gasteiger partial charge >= 0.3 is 6.18 Å². The minimum absolute atomic E-state index is 0.0529. The molecular formula is C12H15F3N2O. The second-order valence-corrected chi connectivity index (χ2v) is 4.25. The molecule has 6 heteroatoms. The van der Waals surface area contributed by atoms with E-state index < -0.39 is 11.7 Å². The lowest BCUT2D eigenvalue weighted by Gasteiger charge is -2.12. The van der Waals surface area contributed by atoms with Crippen molar-refractivity contribution in [2.45, 2.75) is 19.0 Å². The Morgan fingerprint density at radius 2 is 1.89 bits per heavy atom. The number of carbonyl (C=O) groups excluding carboxylic acids is 1. The average molecular weight is 260 g/mol. The number of carbonyl (C=O) groups is 1. The largest absolute Gasteiger partial charge is 0.416 e. The normalized spacial score (nSPS) is 11.4. The Bertz CT molecular complexity index is 441. The minimum atomic E-state index is -4.42. The molecule has 0 unspecified atom stereocenters. The zero-order valence-electron chi connectivity index (χ0n) is 10.2. The summed E-state index contributed by atoms with van der Waals surface area (Å²) in [5.74, 6) is -0.133. The van der Waals surface area contributed by atoms with E-state index in [1.165, 1.54) is 11.0 Å². The molecule has 0 bridgehead atoms. The van der Waals surface area contributed by atoms with Crippen molar-refractivity contribution in [2.24, 2.45) is 0 Å². The highest BCUT2D eigenvalue weighted by atomic mass is 19.4. The molecule has 0 saturated heterocycles. The first-order valence-corrected chi connectivity index (χ1v) is 5.37. The maximum absolute atomic E-state index is 12.5. The number of halogens is 3. The van der Waals surface area contributed by atoms with Crippen LogP contribution in [0.1, 0.15) is 17.5 Å². The van der Waals surface area contributed by atoms with Crippen LogP contribution in [0.3, 0.4) is 0 Å². The average Bonchev–Trinajstić information content (AvgIpc) is 2.23. The van der Waals surface area contributed by atoms with E-state index in [4.69, 9.17) is 5.73 Å². The lowest BCUT2D eigenvalue weighted by molar-refractivity contribution is -0.137. The zero-order chi connectivity index (χ0) is 13.9. The standard InChI is InChI=1S/C12H15F3N2O/c1-17(2)11(18)4-3-8-5-9(12(13,14)15)7-10(16)6-8/h5-7H,3-4,16H2,1-2H3. The van der Waals surface area contributed by atoms with Crippen LogP contribution >= 0.6 is 0 Å².